The van der Waals surface area contributed by atoms with Gasteiger partial charge >= 0.3 is 0 Å². The number of carbonyl (C=O) groups is 5. The summed E-state index contributed by atoms with van der Waals surface area (Å²) in [6.45, 7) is 0. The molecule has 74 heavy (non-hydrogen) atoms. The highest BCUT2D eigenvalue weighted by atomic mass is 32.1. The molecule has 12 rings (SSSR count). The van der Waals surface area contributed by atoms with Gasteiger partial charge in [-0.1, -0.05) is 146 Å². The summed E-state index contributed by atoms with van der Waals surface area (Å²) in [6.07, 6.45) is 2.67. The molecule has 0 saturated heterocycles. The molecule has 2 aliphatic carbocycles. The molecule has 0 saturated carbocycles. The van der Waals surface area contributed by atoms with E-state index in [0.29, 0.717) is 22.3 Å². The lowest BCUT2D eigenvalue weighted by atomic mass is 10.1. The molecule has 9 heteroatoms. The Bertz CT molecular complexity index is 3480. The highest BCUT2D eigenvalue weighted by Crippen LogP contribution is 2.39. The van der Waals surface area contributed by atoms with Crippen molar-refractivity contribution in [2.24, 2.45) is 0 Å². The van der Waals surface area contributed by atoms with Crippen LogP contribution in [0.4, 0.5) is 34.1 Å². The monoisotopic (exact) mass is 999 g/mol. The van der Waals surface area contributed by atoms with Crippen LogP contribution in [0, 0.1) is 7.43 Å². The van der Waals surface area contributed by atoms with Crippen LogP contribution in [0.1, 0.15) is 62.4 Å². The van der Waals surface area contributed by atoms with Crippen LogP contribution in [-0.2, 0) is 0 Å². The molecular formula is C65H47N2O5S2-. The maximum absolute atomic E-state index is 12.7. The summed E-state index contributed by atoms with van der Waals surface area (Å²) in [5, 5.41) is 0. The molecule has 0 bridgehead atoms. The predicted octanol–water partition coefficient (Wildman–Crippen LogP) is 17.0. The smallest absolute Gasteiger partial charge is 0.197 e. The maximum atomic E-state index is 12.7. The third-order valence-corrected chi connectivity index (χ3v) is 14.4. The van der Waals surface area contributed by atoms with Gasteiger partial charge in [-0.15, -0.1) is 22.7 Å². The number of anilines is 6. The Labute approximate surface area is 438 Å². The van der Waals surface area contributed by atoms with E-state index >= 15 is 0 Å². The quantitative estimate of drug-likeness (QED) is 0.0443. The molecule has 0 amide bonds. The lowest BCUT2D eigenvalue weighted by molar-refractivity contribution is 0.0919. The molecule has 0 aliphatic heterocycles. The fourth-order valence-corrected chi connectivity index (χ4v) is 10.5. The molecule has 0 radical (unpaired) electrons. The van der Waals surface area contributed by atoms with E-state index in [1.165, 1.54) is 11.3 Å². The normalized spacial score (nSPS) is 12.0. The Kier molecular flexibility index (Phi) is 15.4. The highest BCUT2D eigenvalue weighted by Gasteiger charge is 2.32. The zero-order valence-corrected chi connectivity index (χ0v) is 41.8. The van der Waals surface area contributed by atoms with Gasteiger partial charge in [-0.2, -0.15) is 0 Å². The molecule has 360 valence electrons. The molecule has 2 aliphatic rings. The van der Waals surface area contributed by atoms with Crippen molar-refractivity contribution in [2.75, 3.05) is 9.80 Å². The largest absolute Gasteiger partial charge is 0.358 e. The number of rotatable bonds is 10. The molecule has 2 heterocycles. The van der Waals surface area contributed by atoms with E-state index in [9.17, 15) is 24.0 Å². The van der Waals surface area contributed by atoms with E-state index < -0.39 is 0 Å². The number of nitrogens with zero attached hydrogens (tertiary/aromatic N) is 2. The summed E-state index contributed by atoms with van der Waals surface area (Å²) in [5.41, 5.74) is 11.2. The Balaban J connectivity index is 0.000000154. The van der Waals surface area contributed by atoms with Crippen LogP contribution in [0.3, 0.4) is 0 Å². The van der Waals surface area contributed by atoms with E-state index in [0.717, 1.165) is 71.0 Å². The number of fused-ring (bicyclic) bond motifs is 2. The van der Waals surface area contributed by atoms with Crippen LogP contribution < -0.4 is 9.80 Å². The topological polar surface area (TPSA) is 91.8 Å². The second-order valence-corrected chi connectivity index (χ2v) is 19.2. The predicted molar refractivity (Wildman–Crippen MR) is 303 cm³/mol. The van der Waals surface area contributed by atoms with Gasteiger partial charge in [0.1, 0.15) is 0 Å². The van der Waals surface area contributed by atoms with Crippen LogP contribution >= 0.6 is 22.7 Å². The van der Waals surface area contributed by atoms with Crippen LogP contribution in [-0.4, -0.2) is 29.4 Å². The van der Waals surface area contributed by atoms with E-state index in [2.05, 4.69) is 107 Å². The minimum Gasteiger partial charge on any atom is -0.358 e. The number of Topliss-reactive ketones (excluding diaryl/α,β-unsaturated/α-hetero) is 4. The van der Waals surface area contributed by atoms with Crippen molar-refractivity contribution >= 4 is 92.3 Å². The van der Waals surface area contributed by atoms with E-state index in [-0.39, 0.29) is 42.6 Å². The number of aldehydes is 1. The highest BCUT2D eigenvalue weighted by molar-refractivity contribution is 7.17. The SMILES string of the molecule is O=C1C(=Cc2ccc(-c3ccc(N(c4ccccc4)c4ccccc4)cc3)s2)C(=O)c2ccccc21.O=C1CC(=O)c2ccccc21.O=Cc1ccc(-c2ccc(N(c3ccccc3)c3ccccc3)cc2)s1.[CH3-]. The van der Waals surface area contributed by atoms with Crippen molar-refractivity contribution in [2.45, 2.75) is 6.42 Å². The van der Waals surface area contributed by atoms with E-state index in [1.807, 2.05) is 97.1 Å². The molecule has 0 atom stereocenters. The Hall–Kier alpha value is -9.15. The minimum absolute atomic E-state index is 0. The third-order valence-electron chi connectivity index (χ3n) is 12.3. The summed E-state index contributed by atoms with van der Waals surface area (Å²) >= 11 is 3.08. The van der Waals surface area contributed by atoms with Crippen molar-refractivity contribution in [1.82, 2.24) is 0 Å². The van der Waals surface area contributed by atoms with Gasteiger partial charge < -0.3 is 17.2 Å². The van der Waals surface area contributed by atoms with Crippen molar-refractivity contribution in [1.29, 1.82) is 0 Å². The average Bonchev–Trinajstić information content (AvgIpc) is 4.25. The van der Waals surface area contributed by atoms with Gasteiger partial charge in [-0.3, -0.25) is 24.0 Å². The molecular weight excluding hydrogens is 953 g/mol. The second kappa shape index (κ2) is 22.9. The van der Waals surface area contributed by atoms with Crippen LogP contribution in [0.2, 0.25) is 0 Å². The van der Waals surface area contributed by atoms with Crippen molar-refractivity contribution in [3.63, 3.8) is 0 Å². The van der Waals surface area contributed by atoms with Crippen molar-refractivity contribution in [3.8, 4) is 20.9 Å². The van der Waals surface area contributed by atoms with E-state index in [4.69, 9.17) is 0 Å². The minimum atomic E-state index is -0.197. The summed E-state index contributed by atoms with van der Waals surface area (Å²) in [5.74, 6) is -0.496. The molecule has 0 spiro atoms. The summed E-state index contributed by atoms with van der Waals surface area (Å²) < 4.78 is 0. The van der Waals surface area contributed by atoms with Crippen LogP contribution in [0.5, 0.6) is 0 Å². The standard InChI is InChI=1S/C32H21NO2S.C23H17NOS.C9H6O2.CH3/c34-31-27-13-7-8-14-28(27)32(35)29(31)21-26-19-20-30(36-26)22-15-17-25(18-16-22)33(23-9-3-1-4-10-23)24-11-5-2-6-12-24;25-17-22-15-16-23(26-22)18-11-13-21(14-12-18)24(19-7-3-1-4-8-19)20-9-5-2-6-10-20;10-8-5-9(11)7-4-2-1-3-6(7)8;/h1-21H;1-17H;1-4H,5H2;1H3/q;;;-1. The summed E-state index contributed by atoms with van der Waals surface area (Å²) in [6, 6.07) is 80.0. The maximum Gasteiger partial charge on any atom is 0.197 e. The van der Waals surface area contributed by atoms with Gasteiger partial charge in [0.05, 0.1) is 16.9 Å². The molecule has 10 aromatic rings. The number of hydrogen-bond donors (Lipinski definition) is 0. The number of allylic oxidation sites excluding steroid dienone is 1. The number of ketones is 4. The molecule has 2 aromatic heterocycles. The Morgan fingerprint density at radius 3 is 1.00 bits per heavy atom. The summed E-state index contributed by atoms with van der Waals surface area (Å²) in [4.78, 5) is 66.8. The fraction of sp³-hybridized carbons (Fsp3) is 0.0154. The first-order valence-electron chi connectivity index (χ1n) is 23.5. The first-order chi connectivity index (χ1) is 35.8. The van der Waals surface area contributed by atoms with Gasteiger partial charge in [0, 0.05) is 71.0 Å². The number of hydrogen-bond acceptors (Lipinski definition) is 9. The Morgan fingerprint density at radius 2 is 0.649 bits per heavy atom. The average molecular weight is 1000 g/mol. The van der Waals surface area contributed by atoms with E-state index in [1.54, 1.807) is 65.9 Å². The zero-order valence-electron chi connectivity index (χ0n) is 40.2. The van der Waals surface area contributed by atoms with Crippen LogP contribution in [0.15, 0.2) is 248 Å². The summed E-state index contributed by atoms with van der Waals surface area (Å²) in [7, 11) is 0. The van der Waals surface area contributed by atoms with Crippen molar-refractivity contribution in [3.05, 3.63) is 288 Å². The zero-order chi connectivity index (χ0) is 50.1. The molecule has 0 unspecified atom stereocenters. The van der Waals surface area contributed by atoms with Crippen LogP contribution in [0.25, 0.3) is 27.0 Å². The number of thiophene rings is 2. The molecule has 8 aromatic carbocycles. The van der Waals surface area contributed by atoms with Gasteiger partial charge in [0.15, 0.2) is 29.4 Å². The first-order valence-corrected chi connectivity index (χ1v) is 25.2. The second-order valence-electron chi connectivity index (χ2n) is 17.0. The fourth-order valence-electron chi connectivity index (χ4n) is 8.76. The van der Waals surface area contributed by atoms with Gasteiger partial charge in [-0.25, -0.2) is 0 Å². The lowest BCUT2D eigenvalue weighted by Gasteiger charge is -2.25. The van der Waals surface area contributed by atoms with Crippen molar-refractivity contribution < 1.29 is 24.0 Å². The molecule has 0 N–H and O–H groups in total. The Morgan fingerprint density at radius 1 is 0.338 bits per heavy atom. The molecule has 7 nitrogen and oxygen atoms in total. The first kappa shape index (κ1) is 49.8. The number of benzene rings is 8. The third kappa shape index (κ3) is 10.9. The number of para-hydroxylation sites is 4. The lowest BCUT2D eigenvalue weighted by Crippen LogP contribution is -2.09. The van der Waals surface area contributed by atoms with Gasteiger partial charge in [0.2, 0.25) is 0 Å². The molecule has 0 fully saturated rings. The number of carbonyl (C=O) groups excluding carboxylic acids is 5. The van der Waals surface area contributed by atoms with Gasteiger partial charge in [0.25, 0.3) is 0 Å². The van der Waals surface area contributed by atoms with Gasteiger partial charge in [-0.05, 0) is 114 Å².